The molecule has 4 rings (SSSR count). The number of rotatable bonds is 9. The lowest BCUT2D eigenvalue weighted by molar-refractivity contribution is -0.153. The molecule has 1 fully saturated rings. The first kappa shape index (κ1) is 27.1. The molecular weight excluding hydrogens is 485 g/mol. The Hall–Kier alpha value is -2.98. The second-order valence-corrected chi connectivity index (χ2v) is 9.74. The first-order valence-electron chi connectivity index (χ1n) is 12.7. The summed E-state index contributed by atoms with van der Waals surface area (Å²) < 4.78 is 48.1. The van der Waals surface area contributed by atoms with Crippen LogP contribution >= 0.6 is 0 Å². The molecule has 2 N–H and O–H groups in total. The van der Waals surface area contributed by atoms with Gasteiger partial charge in [0.15, 0.2) is 18.1 Å². The van der Waals surface area contributed by atoms with Gasteiger partial charge in [-0.2, -0.15) is 13.2 Å². The van der Waals surface area contributed by atoms with Crippen molar-refractivity contribution in [1.82, 2.24) is 9.80 Å². The molecule has 0 aromatic heterocycles. The summed E-state index contributed by atoms with van der Waals surface area (Å²) in [5.41, 5.74) is 10.2. The van der Waals surface area contributed by atoms with Crippen LogP contribution in [0.3, 0.4) is 0 Å². The van der Waals surface area contributed by atoms with Crippen molar-refractivity contribution in [2.75, 3.05) is 63.1 Å². The zero-order valence-electron chi connectivity index (χ0n) is 21.4. The van der Waals surface area contributed by atoms with Gasteiger partial charge in [0.25, 0.3) is 0 Å². The molecule has 10 heteroatoms. The van der Waals surface area contributed by atoms with Crippen molar-refractivity contribution in [2.45, 2.75) is 38.9 Å². The van der Waals surface area contributed by atoms with Crippen LogP contribution in [0.2, 0.25) is 0 Å². The van der Waals surface area contributed by atoms with Crippen LogP contribution < -0.4 is 20.1 Å². The molecule has 7 nitrogen and oxygen atoms in total. The summed E-state index contributed by atoms with van der Waals surface area (Å²) in [4.78, 5) is 18.4. The Balaban J connectivity index is 1.23. The highest BCUT2D eigenvalue weighted by Gasteiger charge is 2.29. The zero-order chi connectivity index (χ0) is 26.6. The third-order valence-electron chi connectivity index (χ3n) is 7.00. The fraction of sp³-hybridized carbons (Fsp3) is 0.519. The maximum atomic E-state index is 12.5. The number of carbonyl (C=O) groups excluding carboxylic acids is 1. The van der Waals surface area contributed by atoms with Crippen molar-refractivity contribution in [3.05, 3.63) is 47.5 Å². The predicted molar refractivity (Wildman–Crippen MR) is 137 cm³/mol. The topological polar surface area (TPSA) is 71.3 Å². The smallest absolute Gasteiger partial charge is 0.422 e. The molecule has 2 heterocycles. The minimum atomic E-state index is -4.40. The second-order valence-electron chi connectivity index (χ2n) is 9.74. The van der Waals surface area contributed by atoms with E-state index in [1.165, 1.54) is 11.6 Å². The van der Waals surface area contributed by atoms with Crippen molar-refractivity contribution in [3.8, 4) is 11.5 Å². The molecule has 0 saturated carbocycles. The number of fused-ring (bicyclic) bond motifs is 1. The molecule has 2 aliphatic heterocycles. The zero-order valence-corrected chi connectivity index (χ0v) is 21.4. The van der Waals surface area contributed by atoms with Gasteiger partial charge < -0.3 is 20.1 Å². The van der Waals surface area contributed by atoms with Crippen molar-refractivity contribution in [2.24, 2.45) is 0 Å². The summed E-state index contributed by atoms with van der Waals surface area (Å²) in [6, 6.07) is 11.0. The van der Waals surface area contributed by atoms with Gasteiger partial charge in [-0.05, 0) is 49.1 Å². The van der Waals surface area contributed by atoms with Crippen LogP contribution in [-0.4, -0.2) is 80.4 Å². The standard InChI is InChI=1S/C27H35F3N4O3/c1-19(15-21-16-22-7-8-34(20(2)35)26(22)23(31)17-21)33-11-9-32(10-12-33)13-14-36-24-5-3-4-6-25(24)37-18-27(28,29)30/h3-6,16-17,19H,7-15,18,31H2,1-2H3. The number of nitrogens with zero attached hydrogens (tertiary/aromatic N) is 3. The molecule has 0 aliphatic carbocycles. The number of hydrogen-bond acceptors (Lipinski definition) is 6. The van der Waals surface area contributed by atoms with E-state index in [4.69, 9.17) is 15.2 Å². The SMILES string of the molecule is CC(=O)N1CCc2cc(CC(C)N3CCN(CCOc4ccccc4OCC(F)(F)F)CC3)cc(N)c21. The predicted octanol–water partition coefficient (Wildman–Crippen LogP) is 3.75. The van der Waals surface area contributed by atoms with Gasteiger partial charge in [-0.15, -0.1) is 0 Å². The Kier molecular flexibility index (Phi) is 8.49. The molecule has 202 valence electrons. The highest BCUT2D eigenvalue weighted by atomic mass is 19.4. The Morgan fingerprint density at radius 2 is 1.73 bits per heavy atom. The molecule has 1 unspecified atom stereocenters. The first-order chi connectivity index (χ1) is 17.6. The van der Waals surface area contributed by atoms with Crippen molar-refractivity contribution in [3.63, 3.8) is 0 Å². The fourth-order valence-electron chi connectivity index (χ4n) is 5.11. The number of halogens is 3. The van der Waals surface area contributed by atoms with Crippen LogP contribution in [0.4, 0.5) is 24.5 Å². The molecule has 1 saturated heterocycles. The van der Waals surface area contributed by atoms with Crippen LogP contribution in [0.15, 0.2) is 36.4 Å². The normalized spacial score (nSPS) is 17.5. The molecule has 0 radical (unpaired) electrons. The molecule has 0 bridgehead atoms. The van der Waals surface area contributed by atoms with Gasteiger partial charge in [0.05, 0.1) is 11.4 Å². The average molecular weight is 521 g/mol. The van der Waals surface area contributed by atoms with Crippen molar-refractivity contribution >= 4 is 17.3 Å². The van der Waals surface area contributed by atoms with Gasteiger partial charge in [0, 0.05) is 52.2 Å². The largest absolute Gasteiger partial charge is 0.488 e. The van der Waals surface area contributed by atoms with Crippen LogP contribution in [0, 0.1) is 0 Å². The lowest BCUT2D eigenvalue weighted by Gasteiger charge is -2.38. The Morgan fingerprint density at radius 1 is 1.05 bits per heavy atom. The van der Waals surface area contributed by atoms with E-state index in [1.807, 2.05) is 6.07 Å². The lowest BCUT2D eigenvalue weighted by Crippen LogP contribution is -2.50. The van der Waals surface area contributed by atoms with E-state index < -0.39 is 12.8 Å². The maximum Gasteiger partial charge on any atom is 0.422 e. The summed E-state index contributed by atoms with van der Waals surface area (Å²) in [5.74, 6) is 0.438. The Morgan fingerprint density at radius 3 is 2.38 bits per heavy atom. The number of benzene rings is 2. The van der Waals surface area contributed by atoms with Gasteiger partial charge in [0.1, 0.15) is 6.61 Å². The van der Waals surface area contributed by atoms with Gasteiger partial charge in [-0.1, -0.05) is 18.2 Å². The molecule has 2 aromatic carbocycles. The van der Waals surface area contributed by atoms with E-state index in [0.29, 0.717) is 37.2 Å². The van der Waals surface area contributed by atoms with E-state index in [0.717, 1.165) is 50.3 Å². The van der Waals surface area contributed by atoms with Gasteiger partial charge in [0.2, 0.25) is 5.91 Å². The maximum absolute atomic E-state index is 12.5. The average Bonchev–Trinajstić information content (AvgIpc) is 3.28. The monoisotopic (exact) mass is 520 g/mol. The minimum Gasteiger partial charge on any atom is -0.488 e. The van der Waals surface area contributed by atoms with Gasteiger partial charge in [-0.25, -0.2) is 0 Å². The van der Waals surface area contributed by atoms with E-state index in [1.54, 1.807) is 30.0 Å². The third-order valence-corrected chi connectivity index (χ3v) is 7.00. The molecule has 37 heavy (non-hydrogen) atoms. The highest BCUT2D eigenvalue weighted by Crippen LogP contribution is 2.35. The molecule has 2 aromatic rings. The van der Waals surface area contributed by atoms with E-state index in [-0.39, 0.29) is 11.7 Å². The van der Waals surface area contributed by atoms with Crippen LogP contribution in [0.25, 0.3) is 0 Å². The Labute approximate surface area is 215 Å². The summed E-state index contributed by atoms with van der Waals surface area (Å²) in [6.45, 7) is 7.81. The fourth-order valence-corrected chi connectivity index (χ4v) is 5.11. The molecular formula is C27H35F3N4O3. The number of nitrogen functional groups attached to an aromatic ring is 1. The van der Waals surface area contributed by atoms with Crippen LogP contribution in [-0.2, 0) is 17.6 Å². The van der Waals surface area contributed by atoms with E-state index in [2.05, 4.69) is 22.8 Å². The number of alkyl halides is 3. The van der Waals surface area contributed by atoms with Crippen molar-refractivity contribution < 1.29 is 27.4 Å². The van der Waals surface area contributed by atoms with E-state index in [9.17, 15) is 18.0 Å². The molecule has 1 atom stereocenters. The van der Waals surface area contributed by atoms with E-state index >= 15 is 0 Å². The number of amides is 1. The number of piperazine rings is 1. The first-order valence-corrected chi connectivity index (χ1v) is 12.7. The highest BCUT2D eigenvalue weighted by molar-refractivity contribution is 5.97. The number of anilines is 2. The molecule has 1 amide bonds. The number of ether oxygens (including phenoxy) is 2. The van der Waals surface area contributed by atoms with Crippen LogP contribution in [0.5, 0.6) is 11.5 Å². The summed E-state index contributed by atoms with van der Waals surface area (Å²) in [5, 5.41) is 0. The number of hydrogen-bond donors (Lipinski definition) is 1. The number of carbonyl (C=O) groups is 1. The quantitative estimate of drug-likeness (QED) is 0.508. The molecule has 0 spiro atoms. The van der Waals surface area contributed by atoms with Gasteiger partial charge >= 0.3 is 6.18 Å². The second kappa shape index (κ2) is 11.6. The van der Waals surface area contributed by atoms with Crippen LogP contribution in [0.1, 0.15) is 25.0 Å². The molecule has 2 aliphatic rings. The summed E-state index contributed by atoms with van der Waals surface area (Å²) in [7, 11) is 0. The Bertz CT molecular complexity index is 1090. The minimum absolute atomic E-state index is 0.0221. The number of nitrogens with two attached hydrogens (primary N) is 1. The summed E-state index contributed by atoms with van der Waals surface area (Å²) in [6.07, 6.45) is -2.68. The number of para-hydroxylation sites is 2. The lowest BCUT2D eigenvalue weighted by atomic mass is 10.00. The summed E-state index contributed by atoms with van der Waals surface area (Å²) >= 11 is 0. The van der Waals surface area contributed by atoms with Gasteiger partial charge in [-0.3, -0.25) is 14.6 Å². The van der Waals surface area contributed by atoms with Crippen molar-refractivity contribution in [1.29, 1.82) is 0 Å². The third kappa shape index (κ3) is 7.07.